The molecule has 2 rings (SSSR count). The molecule has 1 amide bonds. The first kappa shape index (κ1) is 12.1. The van der Waals surface area contributed by atoms with Crippen LogP contribution in [0.4, 0.5) is 0 Å². The van der Waals surface area contributed by atoms with Crippen LogP contribution >= 0.6 is 0 Å². The highest BCUT2D eigenvalue weighted by molar-refractivity contribution is 5.90. The van der Waals surface area contributed by atoms with Crippen LogP contribution in [-0.4, -0.2) is 23.9 Å². The number of likely N-dealkylation sites (tertiary alicyclic amines) is 1. The molecule has 0 aromatic carbocycles. The fourth-order valence-corrected chi connectivity index (χ4v) is 2.24. The summed E-state index contributed by atoms with van der Waals surface area (Å²) in [6, 6.07) is 3.48. The second kappa shape index (κ2) is 4.50. The number of nitrogens with two attached hydrogens (primary N) is 1. The van der Waals surface area contributed by atoms with Gasteiger partial charge in [-0.1, -0.05) is 13.8 Å². The summed E-state index contributed by atoms with van der Waals surface area (Å²) in [5.74, 6) is 5.72. The van der Waals surface area contributed by atoms with E-state index in [4.69, 9.17) is 10.3 Å². The van der Waals surface area contributed by atoms with Gasteiger partial charge in [0.15, 0.2) is 5.76 Å². The average molecular weight is 237 g/mol. The summed E-state index contributed by atoms with van der Waals surface area (Å²) >= 11 is 0. The zero-order valence-electron chi connectivity index (χ0n) is 10.3. The van der Waals surface area contributed by atoms with Gasteiger partial charge in [-0.2, -0.15) is 0 Å². The van der Waals surface area contributed by atoms with Crippen LogP contribution in [0.15, 0.2) is 16.5 Å². The molecule has 3 N–H and O–H groups in total. The van der Waals surface area contributed by atoms with Crippen LogP contribution in [0.25, 0.3) is 0 Å². The summed E-state index contributed by atoms with van der Waals surface area (Å²) in [4.78, 5) is 13.6. The fraction of sp³-hybridized carbons (Fsp3) is 0.583. The standard InChI is InChI=1S/C12H19N3O2/c1-12(2)5-6-15(8-12)7-9-3-4-10(17-9)11(16)14-13/h3-4H,5-8,13H2,1-2H3,(H,14,16). The molecular weight excluding hydrogens is 218 g/mol. The predicted molar refractivity (Wildman–Crippen MR) is 64.0 cm³/mol. The molecule has 0 aliphatic carbocycles. The molecule has 0 radical (unpaired) electrons. The molecule has 0 saturated carbocycles. The van der Waals surface area contributed by atoms with E-state index in [1.807, 2.05) is 6.07 Å². The van der Waals surface area contributed by atoms with E-state index in [9.17, 15) is 4.79 Å². The molecule has 1 aromatic rings. The Bertz CT molecular complexity index is 412. The van der Waals surface area contributed by atoms with E-state index < -0.39 is 5.91 Å². The number of rotatable bonds is 3. The monoisotopic (exact) mass is 237 g/mol. The molecular formula is C12H19N3O2. The molecule has 1 fully saturated rings. The van der Waals surface area contributed by atoms with Crippen molar-refractivity contribution in [2.75, 3.05) is 13.1 Å². The van der Waals surface area contributed by atoms with Crippen LogP contribution < -0.4 is 11.3 Å². The van der Waals surface area contributed by atoms with E-state index in [-0.39, 0.29) is 5.76 Å². The van der Waals surface area contributed by atoms with Crippen molar-refractivity contribution in [1.29, 1.82) is 0 Å². The molecule has 1 aliphatic rings. The number of nitrogen functional groups attached to an aromatic ring is 1. The number of amides is 1. The molecule has 0 unspecified atom stereocenters. The van der Waals surface area contributed by atoms with Crippen molar-refractivity contribution in [2.45, 2.75) is 26.8 Å². The van der Waals surface area contributed by atoms with Crippen LogP contribution in [0.2, 0.25) is 0 Å². The third-order valence-corrected chi connectivity index (χ3v) is 3.15. The summed E-state index contributed by atoms with van der Waals surface area (Å²) in [6.07, 6.45) is 1.20. The smallest absolute Gasteiger partial charge is 0.300 e. The van der Waals surface area contributed by atoms with Crippen molar-refractivity contribution in [1.82, 2.24) is 10.3 Å². The largest absolute Gasteiger partial charge is 0.455 e. The summed E-state index contributed by atoms with van der Waals surface area (Å²) in [7, 11) is 0. The fourth-order valence-electron chi connectivity index (χ4n) is 2.24. The maximum atomic E-state index is 11.2. The quantitative estimate of drug-likeness (QED) is 0.469. The van der Waals surface area contributed by atoms with Gasteiger partial charge < -0.3 is 4.42 Å². The molecule has 0 bridgehead atoms. The van der Waals surface area contributed by atoms with Crippen LogP contribution in [0.5, 0.6) is 0 Å². The van der Waals surface area contributed by atoms with Gasteiger partial charge in [-0.25, -0.2) is 5.84 Å². The first-order valence-electron chi connectivity index (χ1n) is 5.82. The summed E-state index contributed by atoms with van der Waals surface area (Å²) < 4.78 is 5.43. The second-order valence-electron chi connectivity index (χ2n) is 5.36. The highest BCUT2D eigenvalue weighted by Gasteiger charge is 2.29. The van der Waals surface area contributed by atoms with Gasteiger partial charge in [-0.05, 0) is 30.5 Å². The molecule has 2 heterocycles. The zero-order chi connectivity index (χ0) is 12.5. The highest BCUT2D eigenvalue weighted by Crippen LogP contribution is 2.29. The van der Waals surface area contributed by atoms with Gasteiger partial charge in [0.2, 0.25) is 0 Å². The Morgan fingerprint density at radius 1 is 1.59 bits per heavy atom. The van der Waals surface area contributed by atoms with Crippen molar-refractivity contribution < 1.29 is 9.21 Å². The van der Waals surface area contributed by atoms with Crippen LogP contribution in [0, 0.1) is 5.41 Å². The van der Waals surface area contributed by atoms with E-state index in [0.29, 0.717) is 5.41 Å². The first-order valence-corrected chi connectivity index (χ1v) is 5.82. The molecule has 5 nitrogen and oxygen atoms in total. The van der Waals surface area contributed by atoms with Crippen molar-refractivity contribution >= 4 is 5.91 Å². The van der Waals surface area contributed by atoms with Gasteiger partial charge in [0.1, 0.15) is 5.76 Å². The molecule has 0 atom stereocenters. The Balaban J connectivity index is 1.96. The van der Waals surface area contributed by atoms with Crippen molar-refractivity contribution in [3.63, 3.8) is 0 Å². The minimum Gasteiger partial charge on any atom is -0.455 e. The van der Waals surface area contributed by atoms with Gasteiger partial charge >= 0.3 is 5.91 Å². The lowest BCUT2D eigenvalue weighted by molar-refractivity contribution is 0.0922. The Kier molecular flexibility index (Phi) is 3.22. The van der Waals surface area contributed by atoms with Gasteiger partial charge in [0.05, 0.1) is 6.54 Å². The lowest BCUT2D eigenvalue weighted by Crippen LogP contribution is -2.29. The number of carbonyl (C=O) groups is 1. The van der Waals surface area contributed by atoms with Gasteiger partial charge in [0.25, 0.3) is 0 Å². The maximum Gasteiger partial charge on any atom is 0.300 e. The molecule has 94 valence electrons. The normalized spacial score (nSPS) is 19.5. The minimum absolute atomic E-state index is 0.265. The van der Waals surface area contributed by atoms with Crippen molar-refractivity contribution in [3.8, 4) is 0 Å². The topological polar surface area (TPSA) is 71.5 Å². The van der Waals surface area contributed by atoms with Crippen LogP contribution in [0.3, 0.4) is 0 Å². The SMILES string of the molecule is CC1(C)CCN(Cc2ccc(C(=O)NN)o2)C1. The number of carbonyl (C=O) groups excluding carboxylic acids is 1. The van der Waals surface area contributed by atoms with E-state index >= 15 is 0 Å². The van der Waals surface area contributed by atoms with E-state index in [1.165, 1.54) is 6.42 Å². The van der Waals surface area contributed by atoms with Crippen LogP contribution in [-0.2, 0) is 6.54 Å². The van der Waals surface area contributed by atoms with Crippen molar-refractivity contribution in [3.05, 3.63) is 23.7 Å². The van der Waals surface area contributed by atoms with E-state index in [2.05, 4.69) is 24.2 Å². The van der Waals surface area contributed by atoms with Crippen LogP contribution in [0.1, 0.15) is 36.6 Å². The Morgan fingerprint density at radius 3 is 2.94 bits per heavy atom. The van der Waals surface area contributed by atoms with Gasteiger partial charge in [0, 0.05) is 6.54 Å². The Hall–Kier alpha value is -1.33. The maximum absolute atomic E-state index is 11.2. The minimum atomic E-state index is -0.391. The number of nitrogens with zero attached hydrogens (tertiary/aromatic N) is 1. The number of hydrazine groups is 1. The highest BCUT2D eigenvalue weighted by atomic mass is 16.4. The summed E-state index contributed by atoms with van der Waals surface area (Å²) in [5.41, 5.74) is 2.43. The number of furan rings is 1. The molecule has 17 heavy (non-hydrogen) atoms. The number of hydrogen-bond donors (Lipinski definition) is 2. The molecule has 1 saturated heterocycles. The summed E-state index contributed by atoms with van der Waals surface area (Å²) in [6.45, 7) is 7.42. The molecule has 1 aromatic heterocycles. The molecule has 0 spiro atoms. The molecule has 5 heteroatoms. The number of hydrogen-bond acceptors (Lipinski definition) is 4. The van der Waals surface area contributed by atoms with Gasteiger partial charge in [-0.15, -0.1) is 0 Å². The average Bonchev–Trinajstić information content (AvgIpc) is 2.85. The Morgan fingerprint density at radius 2 is 2.35 bits per heavy atom. The van der Waals surface area contributed by atoms with E-state index in [0.717, 1.165) is 25.4 Å². The second-order valence-corrected chi connectivity index (χ2v) is 5.36. The summed E-state index contributed by atoms with van der Waals surface area (Å²) in [5, 5.41) is 0. The third-order valence-electron chi connectivity index (χ3n) is 3.15. The first-order chi connectivity index (χ1) is 8.00. The van der Waals surface area contributed by atoms with Crippen molar-refractivity contribution in [2.24, 2.45) is 11.3 Å². The third kappa shape index (κ3) is 2.87. The zero-order valence-corrected chi connectivity index (χ0v) is 10.3. The molecule has 1 aliphatic heterocycles. The van der Waals surface area contributed by atoms with Gasteiger partial charge in [-0.3, -0.25) is 15.1 Å². The lowest BCUT2D eigenvalue weighted by Gasteiger charge is -2.18. The predicted octanol–water partition coefficient (Wildman–Crippen LogP) is 1.12. The number of nitrogens with one attached hydrogen (secondary N) is 1. The van der Waals surface area contributed by atoms with E-state index in [1.54, 1.807) is 6.07 Å². The Labute approximate surface area is 101 Å². The lowest BCUT2D eigenvalue weighted by atomic mass is 9.93.